The van der Waals surface area contributed by atoms with E-state index in [0.717, 1.165) is 6.42 Å². The van der Waals surface area contributed by atoms with Crippen LogP contribution < -0.4 is 5.73 Å². The van der Waals surface area contributed by atoms with E-state index in [1.54, 1.807) is 0 Å². The summed E-state index contributed by atoms with van der Waals surface area (Å²) in [5.41, 5.74) is 9.75. The zero-order valence-electron chi connectivity index (χ0n) is 10.6. The maximum absolute atomic E-state index is 6.81. The standard InChI is InChI=1S/C16H23N/c17-16(14-8-3-1-2-4-9-14)12-11-13-7-5-6-10-15(13)16/h5-7,10,14H,1-4,8-9,11-12,17H2. The molecular weight excluding hydrogens is 206 g/mol. The van der Waals surface area contributed by atoms with Gasteiger partial charge in [0.25, 0.3) is 0 Å². The van der Waals surface area contributed by atoms with Gasteiger partial charge in [-0.3, -0.25) is 0 Å². The summed E-state index contributed by atoms with van der Waals surface area (Å²) < 4.78 is 0. The van der Waals surface area contributed by atoms with Crippen LogP contribution in [0.15, 0.2) is 24.3 Å². The lowest BCUT2D eigenvalue weighted by molar-refractivity contribution is 0.244. The number of rotatable bonds is 1. The molecule has 17 heavy (non-hydrogen) atoms. The first-order valence-electron chi connectivity index (χ1n) is 7.18. The molecule has 1 aromatic rings. The van der Waals surface area contributed by atoms with Crippen molar-refractivity contribution in [1.29, 1.82) is 0 Å². The lowest BCUT2D eigenvalue weighted by Gasteiger charge is -2.34. The van der Waals surface area contributed by atoms with Gasteiger partial charge in [0.2, 0.25) is 0 Å². The molecular formula is C16H23N. The van der Waals surface area contributed by atoms with Crippen molar-refractivity contribution in [3.05, 3.63) is 35.4 Å². The smallest absolute Gasteiger partial charge is 0.0444 e. The van der Waals surface area contributed by atoms with Gasteiger partial charge in [-0.25, -0.2) is 0 Å². The van der Waals surface area contributed by atoms with E-state index in [9.17, 15) is 0 Å². The minimum absolute atomic E-state index is 0.0130. The third-order valence-electron chi connectivity index (χ3n) is 4.91. The molecule has 0 aliphatic heterocycles. The van der Waals surface area contributed by atoms with Gasteiger partial charge in [0.1, 0.15) is 0 Å². The largest absolute Gasteiger partial charge is 0.321 e. The average molecular weight is 229 g/mol. The zero-order valence-corrected chi connectivity index (χ0v) is 10.6. The summed E-state index contributed by atoms with van der Waals surface area (Å²) in [5, 5.41) is 0. The second-order valence-electron chi connectivity index (χ2n) is 5.89. The predicted octanol–water partition coefficient (Wildman–Crippen LogP) is 3.76. The normalized spacial score (nSPS) is 29.9. The van der Waals surface area contributed by atoms with Gasteiger partial charge in [0.05, 0.1) is 0 Å². The van der Waals surface area contributed by atoms with Gasteiger partial charge >= 0.3 is 0 Å². The van der Waals surface area contributed by atoms with Gasteiger partial charge in [-0.1, -0.05) is 49.9 Å². The first-order chi connectivity index (χ1) is 8.31. The molecule has 2 aliphatic carbocycles. The van der Waals surface area contributed by atoms with Crippen molar-refractivity contribution >= 4 is 0 Å². The number of nitrogens with two attached hydrogens (primary N) is 1. The summed E-state index contributed by atoms with van der Waals surface area (Å²) >= 11 is 0. The molecule has 3 rings (SSSR count). The molecule has 1 nitrogen and oxygen atoms in total. The number of aryl methyl sites for hydroxylation is 1. The Labute approximate surface area is 104 Å². The number of hydrogen-bond acceptors (Lipinski definition) is 1. The second-order valence-corrected chi connectivity index (χ2v) is 5.89. The Morgan fingerprint density at radius 3 is 2.47 bits per heavy atom. The van der Waals surface area contributed by atoms with Crippen molar-refractivity contribution in [2.24, 2.45) is 11.7 Å². The maximum Gasteiger partial charge on any atom is 0.0444 e. The summed E-state index contributed by atoms with van der Waals surface area (Å²) in [7, 11) is 0. The van der Waals surface area contributed by atoms with Crippen molar-refractivity contribution in [3.8, 4) is 0 Å². The number of fused-ring (bicyclic) bond motifs is 1. The predicted molar refractivity (Wildman–Crippen MR) is 71.8 cm³/mol. The highest BCUT2D eigenvalue weighted by molar-refractivity contribution is 5.39. The topological polar surface area (TPSA) is 26.0 Å². The molecule has 0 aromatic heterocycles. The van der Waals surface area contributed by atoms with Crippen LogP contribution in [0.3, 0.4) is 0 Å². The molecule has 0 saturated heterocycles. The van der Waals surface area contributed by atoms with Crippen LogP contribution in [0.5, 0.6) is 0 Å². The number of hydrogen-bond donors (Lipinski definition) is 1. The zero-order chi connectivity index (χ0) is 11.7. The molecule has 1 aromatic carbocycles. The van der Waals surface area contributed by atoms with Crippen LogP contribution in [0.25, 0.3) is 0 Å². The quantitative estimate of drug-likeness (QED) is 0.729. The van der Waals surface area contributed by atoms with Crippen molar-refractivity contribution in [2.75, 3.05) is 0 Å². The van der Waals surface area contributed by atoms with Crippen LogP contribution in [0.1, 0.15) is 56.1 Å². The van der Waals surface area contributed by atoms with Gasteiger partial charge in [-0.15, -0.1) is 0 Å². The summed E-state index contributed by atoms with van der Waals surface area (Å²) in [6.07, 6.45) is 10.6. The van der Waals surface area contributed by atoms with E-state index in [2.05, 4.69) is 24.3 Å². The van der Waals surface area contributed by atoms with Gasteiger partial charge in [-0.2, -0.15) is 0 Å². The molecule has 0 spiro atoms. The van der Waals surface area contributed by atoms with Crippen LogP contribution in [-0.2, 0) is 12.0 Å². The average Bonchev–Trinajstić information content (AvgIpc) is 2.58. The van der Waals surface area contributed by atoms with Gasteiger partial charge in [-0.05, 0) is 42.7 Å². The van der Waals surface area contributed by atoms with Gasteiger partial charge in [0, 0.05) is 5.54 Å². The van der Waals surface area contributed by atoms with Crippen LogP contribution in [0, 0.1) is 5.92 Å². The molecule has 1 atom stereocenters. The van der Waals surface area contributed by atoms with Crippen LogP contribution in [0.4, 0.5) is 0 Å². The Bertz CT molecular complexity index is 390. The monoisotopic (exact) mass is 229 g/mol. The molecule has 1 unspecified atom stereocenters. The van der Waals surface area contributed by atoms with Gasteiger partial charge < -0.3 is 5.73 Å². The van der Waals surface area contributed by atoms with Gasteiger partial charge in [0.15, 0.2) is 0 Å². The highest BCUT2D eigenvalue weighted by Crippen LogP contribution is 2.44. The minimum Gasteiger partial charge on any atom is -0.321 e. The molecule has 92 valence electrons. The maximum atomic E-state index is 6.81. The summed E-state index contributed by atoms with van der Waals surface area (Å²) in [6.45, 7) is 0. The molecule has 0 amide bonds. The molecule has 2 N–H and O–H groups in total. The lowest BCUT2D eigenvalue weighted by atomic mass is 9.76. The Hall–Kier alpha value is -0.820. The van der Waals surface area contributed by atoms with E-state index >= 15 is 0 Å². The molecule has 1 heteroatoms. The molecule has 0 heterocycles. The van der Waals surface area contributed by atoms with E-state index in [4.69, 9.17) is 5.73 Å². The highest BCUT2D eigenvalue weighted by atomic mass is 14.8. The molecule has 0 bridgehead atoms. The van der Waals surface area contributed by atoms with Crippen molar-refractivity contribution < 1.29 is 0 Å². The third-order valence-corrected chi connectivity index (χ3v) is 4.91. The summed E-state index contributed by atoms with van der Waals surface area (Å²) in [6, 6.07) is 8.84. The van der Waals surface area contributed by atoms with Crippen molar-refractivity contribution in [2.45, 2.75) is 56.9 Å². The first kappa shape index (κ1) is 11.3. The summed E-state index contributed by atoms with van der Waals surface area (Å²) in [4.78, 5) is 0. The lowest BCUT2D eigenvalue weighted by Crippen LogP contribution is -2.42. The molecule has 0 radical (unpaired) electrons. The molecule has 1 saturated carbocycles. The van der Waals surface area contributed by atoms with E-state index in [1.807, 2.05) is 0 Å². The third kappa shape index (κ3) is 1.91. The highest BCUT2D eigenvalue weighted by Gasteiger charge is 2.41. The second kappa shape index (κ2) is 4.45. The Morgan fingerprint density at radius 2 is 1.71 bits per heavy atom. The number of benzene rings is 1. The van der Waals surface area contributed by atoms with Crippen molar-refractivity contribution in [3.63, 3.8) is 0 Å². The summed E-state index contributed by atoms with van der Waals surface area (Å²) in [5.74, 6) is 0.716. The van der Waals surface area contributed by atoms with Crippen LogP contribution in [-0.4, -0.2) is 0 Å². The Morgan fingerprint density at radius 1 is 1.00 bits per heavy atom. The van der Waals surface area contributed by atoms with E-state index < -0.39 is 0 Å². The molecule has 1 fully saturated rings. The van der Waals surface area contributed by atoms with E-state index in [0.29, 0.717) is 5.92 Å². The van der Waals surface area contributed by atoms with Crippen LogP contribution >= 0.6 is 0 Å². The van der Waals surface area contributed by atoms with E-state index in [-0.39, 0.29) is 5.54 Å². The first-order valence-corrected chi connectivity index (χ1v) is 7.18. The SMILES string of the molecule is NC1(C2CCCCCC2)CCc2ccccc21. The fraction of sp³-hybridized carbons (Fsp3) is 0.625. The Kier molecular flexibility index (Phi) is 2.96. The minimum atomic E-state index is -0.0130. The Balaban J connectivity index is 1.91. The van der Waals surface area contributed by atoms with Crippen molar-refractivity contribution in [1.82, 2.24) is 0 Å². The fourth-order valence-electron chi connectivity index (χ4n) is 3.89. The fourth-order valence-corrected chi connectivity index (χ4v) is 3.89. The van der Waals surface area contributed by atoms with E-state index in [1.165, 1.54) is 56.1 Å². The van der Waals surface area contributed by atoms with Crippen LogP contribution in [0.2, 0.25) is 0 Å². The molecule has 2 aliphatic rings.